The Morgan fingerprint density at radius 1 is 0.857 bits per heavy atom. The van der Waals surface area contributed by atoms with Crippen molar-refractivity contribution >= 4 is 22.5 Å². The van der Waals surface area contributed by atoms with E-state index in [1.807, 2.05) is 48.5 Å². The fraction of sp³-hybridized carbons (Fsp3) is 0.0435. The first-order valence-electron chi connectivity index (χ1n) is 8.80. The number of para-hydroxylation sites is 1. The molecule has 0 atom stereocenters. The predicted octanol–water partition coefficient (Wildman–Crippen LogP) is 5.29. The molecule has 4 rings (SSSR count). The van der Waals surface area contributed by atoms with E-state index in [0.717, 1.165) is 11.1 Å². The molecule has 0 saturated carbocycles. The summed E-state index contributed by atoms with van der Waals surface area (Å²) in [7, 11) is 1.59. The number of methoxy groups -OCH3 is 1. The summed E-state index contributed by atoms with van der Waals surface area (Å²) in [6, 6.07) is 23.9. The van der Waals surface area contributed by atoms with Crippen molar-refractivity contribution in [3.63, 3.8) is 0 Å². The third-order valence-corrected chi connectivity index (χ3v) is 4.26. The Balaban J connectivity index is 1.55. The first kappa shape index (κ1) is 17.5. The van der Waals surface area contributed by atoms with Crippen LogP contribution in [0.1, 0.15) is 10.4 Å². The molecule has 1 amide bonds. The maximum Gasteiger partial charge on any atom is 0.255 e. The molecule has 1 N–H and O–H groups in total. The zero-order valence-corrected chi connectivity index (χ0v) is 15.3. The van der Waals surface area contributed by atoms with Crippen LogP contribution in [0.25, 0.3) is 10.9 Å². The van der Waals surface area contributed by atoms with Gasteiger partial charge in [-0.05, 0) is 48.5 Å². The van der Waals surface area contributed by atoms with Crippen molar-refractivity contribution < 1.29 is 14.3 Å². The lowest BCUT2D eigenvalue weighted by Gasteiger charge is -2.11. The average Bonchev–Trinajstić information content (AvgIpc) is 2.75. The number of hydrogen-bond acceptors (Lipinski definition) is 4. The van der Waals surface area contributed by atoms with Gasteiger partial charge >= 0.3 is 0 Å². The second kappa shape index (κ2) is 7.80. The molecule has 0 aliphatic heterocycles. The highest BCUT2D eigenvalue weighted by atomic mass is 16.5. The van der Waals surface area contributed by atoms with Gasteiger partial charge < -0.3 is 14.8 Å². The summed E-state index contributed by atoms with van der Waals surface area (Å²) in [6.45, 7) is 0. The highest BCUT2D eigenvalue weighted by Gasteiger charge is 2.11. The molecule has 0 fully saturated rings. The summed E-state index contributed by atoms with van der Waals surface area (Å²) in [5.74, 6) is 1.83. The highest BCUT2D eigenvalue weighted by Crippen LogP contribution is 2.28. The lowest BCUT2D eigenvalue weighted by molar-refractivity contribution is 0.102. The Kier molecular flexibility index (Phi) is 4.89. The number of rotatable bonds is 5. The van der Waals surface area contributed by atoms with Crippen molar-refractivity contribution in [3.05, 3.63) is 90.6 Å². The van der Waals surface area contributed by atoms with E-state index in [2.05, 4.69) is 10.3 Å². The minimum absolute atomic E-state index is 0.230. The van der Waals surface area contributed by atoms with Crippen LogP contribution >= 0.6 is 0 Å². The molecule has 138 valence electrons. The van der Waals surface area contributed by atoms with Crippen molar-refractivity contribution in [2.75, 3.05) is 12.4 Å². The summed E-state index contributed by atoms with van der Waals surface area (Å²) in [5, 5.41) is 3.82. The molecule has 0 spiro atoms. The summed E-state index contributed by atoms with van der Waals surface area (Å²) in [5.41, 5.74) is 1.83. The van der Waals surface area contributed by atoms with Gasteiger partial charge in [0.2, 0.25) is 0 Å². The molecule has 5 nitrogen and oxygen atoms in total. The number of anilines is 1. The average molecular weight is 370 g/mol. The largest absolute Gasteiger partial charge is 0.497 e. The van der Waals surface area contributed by atoms with Crippen LogP contribution in [0.5, 0.6) is 17.2 Å². The maximum absolute atomic E-state index is 12.7. The molecule has 1 heterocycles. The number of carbonyl (C=O) groups excluding carboxylic acids is 1. The third kappa shape index (κ3) is 3.78. The van der Waals surface area contributed by atoms with Crippen LogP contribution in [0.15, 0.2) is 85.1 Å². The monoisotopic (exact) mass is 370 g/mol. The zero-order valence-electron chi connectivity index (χ0n) is 15.3. The lowest BCUT2D eigenvalue weighted by atomic mass is 10.1. The number of amides is 1. The first-order valence-corrected chi connectivity index (χ1v) is 8.80. The quantitative estimate of drug-likeness (QED) is 0.519. The molecule has 0 radical (unpaired) electrons. The van der Waals surface area contributed by atoms with Crippen LogP contribution in [0.4, 0.5) is 5.69 Å². The molecule has 0 bridgehead atoms. The van der Waals surface area contributed by atoms with E-state index in [-0.39, 0.29) is 5.91 Å². The predicted molar refractivity (Wildman–Crippen MR) is 109 cm³/mol. The van der Waals surface area contributed by atoms with Gasteiger partial charge in [-0.15, -0.1) is 0 Å². The van der Waals surface area contributed by atoms with Crippen molar-refractivity contribution in [3.8, 4) is 17.2 Å². The highest BCUT2D eigenvalue weighted by molar-refractivity contribution is 6.08. The number of benzene rings is 3. The van der Waals surface area contributed by atoms with Gasteiger partial charge in [0.25, 0.3) is 5.91 Å². The summed E-state index contributed by atoms with van der Waals surface area (Å²) in [4.78, 5) is 17.1. The topological polar surface area (TPSA) is 60.5 Å². The Morgan fingerprint density at radius 3 is 2.36 bits per heavy atom. The SMILES string of the molecule is COc1cc(NC(=O)c2ccc(Oc3ccccc3)cc2)c2ncccc2c1. The maximum atomic E-state index is 12.7. The van der Waals surface area contributed by atoms with Gasteiger partial charge in [0, 0.05) is 23.2 Å². The van der Waals surface area contributed by atoms with Crippen LogP contribution in [-0.4, -0.2) is 18.0 Å². The van der Waals surface area contributed by atoms with Gasteiger partial charge in [0.05, 0.1) is 18.3 Å². The Hall–Kier alpha value is -3.86. The summed E-state index contributed by atoms with van der Waals surface area (Å²) < 4.78 is 11.1. The van der Waals surface area contributed by atoms with Crippen molar-refractivity contribution in [1.82, 2.24) is 4.98 Å². The number of ether oxygens (including phenoxy) is 2. The van der Waals surface area contributed by atoms with E-state index in [1.54, 1.807) is 43.6 Å². The fourth-order valence-corrected chi connectivity index (χ4v) is 2.87. The number of hydrogen-bond donors (Lipinski definition) is 1. The van der Waals surface area contributed by atoms with E-state index < -0.39 is 0 Å². The van der Waals surface area contributed by atoms with E-state index in [1.165, 1.54) is 0 Å². The molecule has 5 heteroatoms. The normalized spacial score (nSPS) is 10.5. The molecule has 4 aromatic rings. The van der Waals surface area contributed by atoms with Crippen molar-refractivity contribution in [2.45, 2.75) is 0 Å². The van der Waals surface area contributed by atoms with Crippen LogP contribution in [0, 0.1) is 0 Å². The molecule has 28 heavy (non-hydrogen) atoms. The van der Waals surface area contributed by atoms with Gasteiger partial charge in [-0.2, -0.15) is 0 Å². The van der Waals surface area contributed by atoms with Crippen LogP contribution < -0.4 is 14.8 Å². The minimum Gasteiger partial charge on any atom is -0.497 e. The lowest BCUT2D eigenvalue weighted by Crippen LogP contribution is -2.12. The number of pyridine rings is 1. The molecule has 0 aliphatic carbocycles. The number of nitrogens with zero attached hydrogens (tertiary/aromatic N) is 1. The van der Waals surface area contributed by atoms with Gasteiger partial charge in [0.1, 0.15) is 17.2 Å². The number of fused-ring (bicyclic) bond motifs is 1. The Bertz CT molecular complexity index is 1110. The Morgan fingerprint density at radius 2 is 1.61 bits per heavy atom. The Labute approximate surface area is 162 Å². The summed E-state index contributed by atoms with van der Waals surface area (Å²) in [6.07, 6.45) is 1.69. The van der Waals surface area contributed by atoms with Gasteiger partial charge in [-0.25, -0.2) is 0 Å². The standard InChI is InChI=1S/C23H18N2O3/c1-27-20-14-17-6-5-13-24-22(17)21(15-20)25-23(26)16-9-11-19(12-10-16)28-18-7-3-2-4-8-18/h2-15H,1H3,(H,25,26). The van der Waals surface area contributed by atoms with E-state index >= 15 is 0 Å². The smallest absolute Gasteiger partial charge is 0.255 e. The summed E-state index contributed by atoms with van der Waals surface area (Å²) >= 11 is 0. The molecule has 1 aromatic heterocycles. The van der Waals surface area contributed by atoms with E-state index in [9.17, 15) is 4.79 Å². The van der Waals surface area contributed by atoms with E-state index in [4.69, 9.17) is 9.47 Å². The van der Waals surface area contributed by atoms with Gasteiger partial charge in [-0.3, -0.25) is 9.78 Å². The van der Waals surface area contributed by atoms with Crippen molar-refractivity contribution in [2.24, 2.45) is 0 Å². The molecular formula is C23H18N2O3. The fourth-order valence-electron chi connectivity index (χ4n) is 2.87. The molecule has 0 aliphatic rings. The van der Waals surface area contributed by atoms with Gasteiger partial charge in [-0.1, -0.05) is 24.3 Å². The number of nitrogens with one attached hydrogen (secondary N) is 1. The van der Waals surface area contributed by atoms with Crippen LogP contribution in [0.3, 0.4) is 0 Å². The molecule has 0 saturated heterocycles. The van der Waals surface area contributed by atoms with E-state index in [0.29, 0.717) is 28.3 Å². The van der Waals surface area contributed by atoms with Crippen LogP contribution in [-0.2, 0) is 0 Å². The zero-order chi connectivity index (χ0) is 19.3. The minimum atomic E-state index is -0.230. The van der Waals surface area contributed by atoms with Crippen molar-refractivity contribution in [1.29, 1.82) is 0 Å². The van der Waals surface area contributed by atoms with Crippen LogP contribution in [0.2, 0.25) is 0 Å². The number of aromatic nitrogens is 1. The second-order valence-corrected chi connectivity index (χ2v) is 6.14. The number of carbonyl (C=O) groups is 1. The third-order valence-electron chi connectivity index (χ3n) is 4.26. The molecular weight excluding hydrogens is 352 g/mol. The molecule has 0 unspecified atom stereocenters. The molecule has 3 aromatic carbocycles. The van der Waals surface area contributed by atoms with Gasteiger partial charge in [0.15, 0.2) is 0 Å². The first-order chi connectivity index (χ1) is 13.7. The second-order valence-electron chi connectivity index (χ2n) is 6.14.